The quantitative estimate of drug-likeness (QED) is 0.381. The van der Waals surface area contributed by atoms with Gasteiger partial charge in [0.05, 0.1) is 7.11 Å². The second kappa shape index (κ2) is 9.70. The number of ether oxygens (including phenoxy) is 2. The minimum absolute atomic E-state index is 0.0466. The van der Waals surface area contributed by atoms with Gasteiger partial charge in [0, 0.05) is 6.92 Å². The van der Waals surface area contributed by atoms with E-state index >= 15 is 0 Å². The van der Waals surface area contributed by atoms with Crippen molar-refractivity contribution in [1.82, 2.24) is 10.2 Å². The minimum atomic E-state index is -1.09. The van der Waals surface area contributed by atoms with Crippen LogP contribution in [-0.4, -0.2) is 28.4 Å². The van der Waals surface area contributed by atoms with E-state index in [1.165, 1.54) is 22.8 Å². The van der Waals surface area contributed by atoms with Gasteiger partial charge >= 0.3 is 5.97 Å². The third kappa shape index (κ3) is 5.67. The van der Waals surface area contributed by atoms with E-state index in [0.29, 0.717) is 29.6 Å². The smallest absolute Gasteiger partial charge is 0.342 e. The second-order valence-corrected chi connectivity index (χ2v) is 8.07. The summed E-state index contributed by atoms with van der Waals surface area (Å²) in [6.45, 7) is 8.27. The first-order valence-electron chi connectivity index (χ1n) is 9.57. The number of aryl methyl sites for hydroxylation is 4. The van der Waals surface area contributed by atoms with Crippen molar-refractivity contribution in [3.8, 4) is 11.5 Å². The molecule has 0 saturated carbocycles. The van der Waals surface area contributed by atoms with E-state index in [-0.39, 0.29) is 10.1 Å². The van der Waals surface area contributed by atoms with E-state index in [0.717, 1.165) is 17.3 Å². The van der Waals surface area contributed by atoms with Crippen molar-refractivity contribution in [3.05, 3.63) is 68.9 Å². The normalized spacial score (nSPS) is 11.5. The van der Waals surface area contributed by atoms with Gasteiger partial charge in [0.2, 0.25) is 5.89 Å². The molecule has 0 radical (unpaired) electrons. The number of aromatic nitrogens is 2. The predicted octanol–water partition coefficient (Wildman–Crippen LogP) is 5.11. The zero-order chi connectivity index (χ0) is 22.5. The number of carboxylic acids is 1. The molecule has 7 nitrogen and oxygen atoms in total. The van der Waals surface area contributed by atoms with Gasteiger partial charge in [0.1, 0.15) is 11.5 Å². The molecule has 1 heterocycles. The maximum absolute atomic E-state index is 11.6. The fourth-order valence-corrected chi connectivity index (χ4v) is 3.90. The molecule has 0 saturated heterocycles. The Morgan fingerprint density at radius 3 is 2.39 bits per heavy atom. The van der Waals surface area contributed by atoms with Crippen LogP contribution in [0, 0.1) is 27.7 Å². The molecule has 0 aliphatic carbocycles. The number of carboxylic acid groups (broad SMARTS) is 1. The van der Waals surface area contributed by atoms with E-state index in [1.807, 2.05) is 0 Å². The third-order valence-corrected chi connectivity index (χ3v) is 5.47. The molecular weight excluding hydrogens is 416 g/mol. The van der Waals surface area contributed by atoms with Crippen LogP contribution in [0.3, 0.4) is 0 Å². The van der Waals surface area contributed by atoms with Gasteiger partial charge < -0.3 is 19.0 Å². The van der Waals surface area contributed by atoms with Crippen molar-refractivity contribution >= 4 is 23.8 Å². The summed E-state index contributed by atoms with van der Waals surface area (Å²) in [6.07, 6.45) is 1.52. The first-order valence-corrected chi connectivity index (χ1v) is 10.4. The summed E-state index contributed by atoms with van der Waals surface area (Å²) in [7, 11) is 1.55. The number of carbonyl (C=O) groups is 1. The highest BCUT2D eigenvalue weighted by atomic mass is 32.2. The predicted molar refractivity (Wildman–Crippen MR) is 118 cm³/mol. The Kier molecular flexibility index (Phi) is 7.02. The number of methoxy groups -OCH3 is 1. The van der Waals surface area contributed by atoms with Gasteiger partial charge in [-0.05, 0) is 73.0 Å². The zero-order valence-corrected chi connectivity index (χ0v) is 18.9. The topological polar surface area (TPSA) is 94.7 Å². The average molecular weight is 441 g/mol. The summed E-state index contributed by atoms with van der Waals surface area (Å²) in [6, 6.07) is 9.53. The molecular formula is C23H24N2O5S. The number of rotatable bonds is 8. The fourth-order valence-electron chi connectivity index (χ4n) is 3.18. The van der Waals surface area contributed by atoms with Crippen LogP contribution in [0.1, 0.15) is 33.7 Å². The van der Waals surface area contributed by atoms with E-state index in [1.54, 1.807) is 32.2 Å². The fraction of sp³-hybridized carbons (Fsp3) is 0.261. The maximum atomic E-state index is 11.6. The summed E-state index contributed by atoms with van der Waals surface area (Å²) in [5, 5.41) is 17.2. The highest BCUT2D eigenvalue weighted by Crippen LogP contribution is 2.33. The van der Waals surface area contributed by atoms with Gasteiger partial charge in [0.15, 0.2) is 11.5 Å². The lowest BCUT2D eigenvalue weighted by Crippen LogP contribution is -2.03. The Bertz CT molecular complexity index is 1110. The number of aliphatic carboxylic acids is 1. The van der Waals surface area contributed by atoms with Crippen LogP contribution >= 0.6 is 11.8 Å². The summed E-state index contributed by atoms with van der Waals surface area (Å²) in [5.41, 5.74) is 5.35. The summed E-state index contributed by atoms with van der Waals surface area (Å²) in [4.78, 5) is 11.7. The summed E-state index contributed by atoms with van der Waals surface area (Å²) >= 11 is 0.891. The Labute approximate surface area is 185 Å². The monoisotopic (exact) mass is 440 g/mol. The Balaban J connectivity index is 1.81. The van der Waals surface area contributed by atoms with Gasteiger partial charge in [-0.3, -0.25) is 0 Å². The van der Waals surface area contributed by atoms with E-state index < -0.39 is 5.97 Å². The van der Waals surface area contributed by atoms with Crippen molar-refractivity contribution in [3.63, 3.8) is 0 Å². The number of nitrogens with zero attached hydrogens (tertiary/aromatic N) is 2. The van der Waals surface area contributed by atoms with Gasteiger partial charge in [0.25, 0.3) is 5.22 Å². The van der Waals surface area contributed by atoms with Crippen LogP contribution in [-0.2, 0) is 11.4 Å². The number of thioether (sulfide) groups is 1. The number of benzene rings is 2. The summed E-state index contributed by atoms with van der Waals surface area (Å²) in [5.74, 6) is 0.371. The SMILES string of the molecule is COc1cc(/C=C(\Sc2nnc(C)o2)C(=O)O)ccc1OCc1c(C)cc(C)cc1C. The molecule has 31 heavy (non-hydrogen) atoms. The van der Waals surface area contributed by atoms with Crippen LogP contribution in [0.15, 0.2) is 44.9 Å². The number of hydrogen-bond acceptors (Lipinski definition) is 7. The van der Waals surface area contributed by atoms with Crippen LogP contribution < -0.4 is 9.47 Å². The van der Waals surface area contributed by atoms with Crippen molar-refractivity contribution < 1.29 is 23.8 Å². The average Bonchev–Trinajstić information content (AvgIpc) is 3.12. The van der Waals surface area contributed by atoms with Gasteiger partial charge in [-0.15, -0.1) is 10.2 Å². The van der Waals surface area contributed by atoms with Crippen molar-refractivity contribution in [2.45, 2.75) is 39.5 Å². The molecule has 0 unspecified atom stereocenters. The number of hydrogen-bond donors (Lipinski definition) is 1. The van der Waals surface area contributed by atoms with Crippen molar-refractivity contribution in [2.24, 2.45) is 0 Å². The minimum Gasteiger partial charge on any atom is -0.493 e. The molecule has 0 spiro atoms. The van der Waals surface area contributed by atoms with Crippen molar-refractivity contribution in [2.75, 3.05) is 7.11 Å². The van der Waals surface area contributed by atoms with Crippen LogP contribution in [0.5, 0.6) is 11.5 Å². The molecule has 0 aliphatic rings. The van der Waals surface area contributed by atoms with Gasteiger partial charge in [-0.1, -0.05) is 23.8 Å². The highest BCUT2D eigenvalue weighted by molar-refractivity contribution is 8.03. The first kappa shape index (κ1) is 22.4. The van der Waals surface area contributed by atoms with E-state index in [2.05, 4.69) is 43.1 Å². The lowest BCUT2D eigenvalue weighted by Gasteiger charge is -2.15. The van der Waals surface area contributed by atoms with Crippen LogP contribution in [0.2, 0.25) is 0 Å². The standard InChI is InChI=1S/C23H24N2O5S/c1-13-8-14(2)18(15(3)9-13)12-29-19-7-6-17(10-20(19)28-5)11-21(22(26)27)31-23-25-24-16(4)30-23/h6-11H,12H2,1-5H3,(H,26,27)/b21-11-. The molecule has 2 aromatic carbocycles. The zero-order valence-electron chi connectivity index (χ0n) is 18.1. The molecule has 3 aromatic rings. The van der Waals surface area contributed by atoms with Crippen LogP contribution in [0.4, 0.5) is 0 Å². The summed E-state index contributed by atoms with van der Waals surface area (Å²) < 4.78 is 16.7. The van der Waals surface area contributed by atoms with Gasteiger partial charge in [-0.2, -0.15) is 0 Å². The van der Waals surface area contributed by atoms with Crippen molar-refractivity contribution in [1.29, 1.82) is 0 Å². The molecule has 0 aliphatic heterocycles. The molecule has 0 fully saturated rings. The molecule has 0 bridgehead atoms. The second-order valence-electron chi connectivity index (χ2n) is 7.08. The molecule has 3 rings (SSSR count). The Morgan fingerprint density at radius 1 is 1.10 bits per heavy atom. The molecule has 1 aromatic heterocycles. The Morgan fingerprint density at radius 2 is 1.81 bits per heavy atom. The van der Waals surface area contributed by atoms with Gasteiger partial charge in [-0.25, -0.2) is 4.79 Å². The maximum Gasteiger partial charge on any atom is 0.342 e. The molecule has 0 amide bonds. The molecule has 162 valence electrons. The first-order chi connectivity index (χ1) is 14.8. The highest BCUT2D eigenvalue weighted by Gasteiger charge is 2.15. The van der Waals surface area contributed by atoms with E-state index in [9.17, 15) is 9.90 Å². The van der Waals surface area contributed by atoms with E-state index in [4.69, 9.17) is 13.9 Å². The Hall–Kier alpha value is -3.26. The third-order valence-electron chi connectivity index (χ3n) is 4.61. The van der Waals surface area contributed by atoms with Crippen LogP contribution in [0.25, 0.3) is 6.08 Å². The lowest BCUT2D eigenvalue weighted by atomic mass is 10.0. The molecule has 8 heteroatoms. The molecule has 0 atom stereocenters. The molecule has 1 N–H and O–H groups in total. The largest absolute Gasteiger partial charge is 0.493 e. The lowest BCUT2D eigenvalue weighted by molar-refractivity contribution is -0.131.